The molecule has 0 fully saturated rings. The molecule has 0 saturated heterocycles. The fraction of sp³-hybridized carbons (Fsp3) is 0.368. The maximum atomic E-state index is 11.6. The smallest absolute Gasteiger partial charge is 0.0764 e. The molecule has 0 saturated carbocycles. The van der Waals surface area contributed by atoms with E-state index in [0.29, 0.717) is 6.04 Å². The Morgan fingerprint density at radius 3 is 2.13 bits per heavy atom. The first-order valence-corrected chi connectivity index (χ1v) is 8.31. The van der Waals surface area contributed by atoms with Gasteiger partial charge < -0.3 is 4.90 Å². The van der Waals surface area contributed by atoms with E-state index in [1.165, 1.54) is 16.8 Å². The lowest BCUT2D eigenvalue weighted by molar-refractivity contribution is 0.406. The van der Waals surface area contributed by atoms with E-state index < -0.39 is 0 Å². The molecule has 0 aliphatic carbocycles. The quantitative estimate of drug-likeness (QED) is 0.788. The van der Waals surface area contributed by atoms with Crippen LogP contribution in [0.5, 0.6) is 0 Å². The Bertz CT molecular complexity index is 730. The van der Waals surface area contributed by atoms with Gasteiger partial charge in [0, 0.05) is 12.7 Å². The Morgan fingerprint density at radius 2 is 1.43 bits per heavy atom. The van der Waals surface area contributed by atoms with Gasteiger partial charge in [0.25, 0.3) is 0 Å². The second-order valence-corrected chi connectivity index (χ2v) is 6.51. The van der Waals surface area contributed by atoms with Crippen molar-refractivity contribution in [3.63, 3.8) is 0 Å². The highest BCUT2D eigenvalue weighted by molar-refractivity contribution is 5.59. The Kier molecular flexibility index (Phi) is 3.52. The average molecular weight is 307 g/mol. The summed E-state index contributed by atoms with van der Waals surface area (Å²) in [6.45, 7) is 0. The van der Waals surface area contributed by atoms with E-state index in [4.69, 9.17) is 0 Å². The summed E-state index contributed by atoms with van der Waals surface area (Å²) in [5, 5.41) is 5.11. The van der Waals surface area contributed by atoms with Crippen LogP contribution in [-0.2, 0) is 12.8 Å². The maximum Gasteiger partial charge on any atom is 0.0764 e. The molecule has 4 rings (SSSR count). The Balaban J connectivity index is 1.68. The first-order valence-electron chi connectivity index (χ1n) is 8.31. The number of rotatable bonds is 2. The number of aryl methyl sites for hydroxylation is 2. The monoisotopic (exact) mass is 307 g/mol. The minimum atomic E-state index is 0.140. The van der Waals surface area contributed by atoms with Crippen molar-refractivity contribution in [3.05, 3.63) is 64.6 Å². The molecule has 0 amide bonds. The highest BCUT2D eigenvalue weighted by atomic mass is 16.3. The summed E-state index contributed by atoms with van der Waals surface area (Å²) in [4.78, 5) is 13.9. The molecule has 118 valence electrons. The van der Waals surface area contributed by atoms with E-state index in [2.05, 4.69) is 47.6 Å². The van der Waals surface area contributed by atoms with Crippen molar-refractivity contribution in [1.82, 2.24) is 0 Å². The molecule has 0 N–H and O–H groups in total. The van der Waals surface area contributed by atoms with Gasteiger partial charge in [0.1, 0.15) is 0 Å². The number of benzene rings is 2. The lowest BCUT2D eigenvalue weighted by atomic mass is 9.86. The van der Waals surface area contributed by atoms with E-state index in [0.717, 1.165) is 31.4 Å². The van der Waals surface area contributed by atoms with Crippen LogP contribution in [0, 0.1) is 4.91 Å². The highest BCUT2D eigenvalue weighted by Gasteiger charge is 2.37. The highest BCUT2D eigenvalue weighted by Crippen LogP contribution is 2.38. The molecule has 2 aromatic rings. The first-order chi connectivity index (χ1) is 11.3. The fourth-order valence-electron chi connectivity index (χ4n) is 4.20. The summed E-state index contributed by atoms with van der Waals surface area (Å²) < 4.78 is 0. The standard InChI is InChI=1S/C19H21N3O/c1-21-16-8-4-2-6-14(16)10-12-18(21)19-13-11-15-7-3-5-9-17(15)22(19)20-23/h2-9,18-19H,10-13H2,1H3/t18-,19+/m1/s1. The molecule has 2 aromatic carbocycles. The minimum Gasteiger partial charge on any atom is -0.369 e. The zero-order chi connectivity index (χ0) is 15.8. The molecule has 0 radical (unpaired) electrons. The number of nitroso groups, excluding NO2 is 1. The second-order valence-electron chi connectivity index (χ2n) is 6.51. The normalized spacial score (nSPS) is 23.2. The van der Waals surface area contributed by atoms with Crippen LogP contribution in [0.4, 0.5) is 11.4 Å². The molecule has 2 heterocycles. The minimum absolute atomic E-state index is 0.140. The van der Waals surface area contributed by atoms with E-state index >= 15 is 0 Å². The van der Waals surface area contributed by atoms with Crippen molar-refractivity contribution < 1.29 is 0 Å². The number of fused-ring (bicyclic) bond motifs is 2. The maximum absolute atomic E-state index is 11.6. The third kappa shape index (κ3) is 2.29. The van der Waals surface area contributed by atoms with Crippen molar-refractivity contribution in [1.29, 1.82) is 0 Å². The number of likely N-dealkylation sites (N-methyl/N-ethyl adjacent to an activating group) is 1. The van der Waals surface area contributed by atoms with Gasteiger partial charge in [-0.2, -0.15) is 0 Å². The van der Waals surface area contributed by atoms with Crippen molar-refractivity contribution in [2.75, 3.05) is 17.0 Å². The van der Waals surface area contributed by atoms with Crippen LogP contribution in [0.15, 0.2) is 53.8 Å². The first kappa shape index (κ1) is 14.2. The van der Waals surface area contributed by atoms with E-state index in [-0.39, 0.29) is 6.04 Å². The van der Waals surface area contributed by atoms with Crippen LogP contribution in [-0.4, -0.2) is 19.1 Å². The van der Waals surface area contributed by atoms with Crippen LogP contribution < -0.4 is 9.91 Å². The molecule has 0 unspecified atom stereocenters. The third-order valence-electron chi connectivity index (χ3n) is 5.37. The number of anilines is 2. The Morgan fingerprint density at radius 1 is 0.870 bits per heavy atom. The van der Waals surface area contributed by atoms with Gasteiger partial charge in [-0.1, -0.05) is 36.4 Å². The van der Waals surface area contributed by atoms with Crippen molar-refractivity contribution in [2.45, 2.75) is 37.8 Å². The Hall–Kier alpha value is -2.36. The van der Waals surface area contributed by atoms with Crippen LogP contribution in [0.1, 0.15) is 24.0 Å². The van der Waals surface area contributed by atoms with Crippen molar-refractivity contribution in [3.8, 4) is 0 Å². The van der Waals surface area contributed by atoms with E-state index in [1.54, 1.807) is 5.01 Å². The third-order valence-corrected chi connectivity index (χ3v) is 5.37. The molecule has 4 nitrogen and oxygen atoms in total. The fourth-order valence-corrected chi connectivity index (χ4v) is 4.20. The molecular formula is C19H21N3O. The molecule has 0 aromatic heterocycles. The van der Waals surface area contributed by atoms with Gasteiger partial charge >= 0.3 is 0 Å². The zero-order valence-electron chi connectivity index (χ0n) is 13.4. The topological polar surface area (TPSA) is 35.9 Å². The predicted octanol–water partition coefficient (Wildman–Crippen LogP) is 3.94. The largest absolute Gasteiger partial charge is 0.369 e. The lowest BCUT2D eigenvalue weighted by Crippen LogP contribution is -2.52. The predicted molar refractivity (Wildman–Crippen MR) is 93.8 cm³/mol. The average Bonchev–Trinajstić information content (AvgIpc) is 2.61. The van der Waals surface area contributed by atoms with Crippen LogP contribution in [0.25, 0.3) is 0 Å². The molecule has 2 aliphatic heterocycles. The van der Waals surface area contributed by atoms with Gasteiger partial charge in [0.05, 0.1) is 23.1 Å². The van der Waals surface area contributed by atoms with Gasteiger partial charge in [-0.15, -0.1) is 4.91 Å². The van der Waals surface area contributed by atoms with E-state index in [1.807, 2.05) is 18.2 Å². The van der Waals surface area contributed by atoms with Gasteiger partial charge in [0.15, 0.2) is 0 Å². The summed E-state index contributed by atoms with van der Waals surface area (Å²) in [7, 11) is 2.14. The molecule has 0 spiro atoms. The van der Waals surface area contributed by atoms with Crippen LogP contribution >= 0.6 is 0 Å². The van der Waals surface area contributed by atoms with Crippen molar-refractivity contribution in [2.24, 2.45) is 5.29 Å². The number of hydrogen-bond donors (Lipinski definition) is 0. The van der Waals surface area contributed by atoms with Crippen LogP contribution in [0.2, 0.25) is 0 Å². The van der Waals surface area contributed by atoms with Gasteiger partial charge in [0.2, 0.25) is 0 Å². The summed E-state index contributed by atoms with van der Waals surface area (Å²) in [6, 6.07) is 17.2. The molecular weight excluding hydrogens is 286 g/mol. The van der Waals surface area contributed by atoms with Gasteiger partial charge in [-0.25, -0.2) is 5.01 Å². The van der Waals surface area contributed by atoms with Gasteiger partial charge in [-0.3, -0.25) is 0 Å². The summed E-state index contributed by atoms with van der Waals surface area (Å²) >= 11 is 0. The van der Waals surface area contributed by atoms with Crippen molar-refractivity contribution >= 4 is 11.4 Å². The summed E-state index contributed by atoms with van der Waals surface area (Å²) in [5.41, 5.74) is 4.88. The molecule has 0 bridgehead atoms. The lowest BCUT2D eigenvalue weighted by Gasteiger charge is -2.45. The SMILES string of the molecule is CN1c2ccccc2CC[C@@H]1[C@@H]1CCc2ccccc2N1N=O. The number of nitrogens with zero attached hydrogens (tertiary/aromatic N) is 3. The Labute approximate surface area is 136 Å². The molecule has 23 heavy (non-hydrogen) atoms. The number of para-hydroxylation sites is 2. The zero-order valence-corrected chi connectivity index (χ0v) is 13.4. The van der Waals surface area contributed by atoms with Gasteiger partial charge in [-0.05, 0) is 48.9 Å². The molecule has 4 heteroatoms. The second kappa shape index (κ2) is 5.69. The van der Waals surface area contributed by atoms with Crippen LogP contribution in [0.3, 0.4) is 0 Å². The summed E-state index contributed by atoms with van der Waals surface area (Å²) in [6.07, 6.45) is 4.11. The van der Waals surface area contributed by atoms with E-state index in [9.17, 15) is 4.91 Å². The number of hydrogen-bond acceptors (Lipinski definition) is 3. The molecule has 2 atom stereocenters. The summed E-state index contributed by atoms with van der Waals surface area (Å²) in [5.74, 6) is 0. The molecule has 2 aliphatic rings.